The van der Waals surface area contributed by atoms with Crippen molar-refractivity contribution in [1.82, 2.24) is 9.88 Å². The molecule has 2 aromatic carbocycles. The van der Waals surface area contributed by atoms with Gasteiger partial charge in [-0.3, -0.25) is 0 Å². The van der Waals surface area contributed by atoms with Crippen LogP contribution < -0.4 is 10.1 Å². The molecule has 0 atom stereocenters. The van der Waals surface area contributed by atoms with Crippen LogP contribution in [0.15, 0.2) is 42.6 Å². The summed E-state index contributed by atoms with van der Waals surface area (Å²) < 4.78 is 22.5. The number of nitrogens with one attached hydrogen (secondary N) is 1. The second-order valence-electron chi connectivity index (χ2n) is 6.10. The lowest BCUT2D eigenvalue weighted by Gasteiger charge is -2.12. The summed E-state index contributed by atoms with van der Waals surface area (Å²) in [6.07, 6.45) is 2.89. The van der Waals surface area contributed by atoms with E-state index in [1.54, 1.807) is 0 Å². The molecule has 126 valence electrons. The summed E-state index contributed by atoms with van der Waals surface area (Å²) in [6.45, 7) is 3.24. The average molecular weight is 326 g/mol. The van der Waals surface area contributed by atoms with Gasteiger partial charge in [0.15, 0.2) is 11.6 Å². The van der Waals surface area contributed by atoms with E-state index >= 15 is 0 Å². The quantitative estimate of drug-likeness (QED) is 0.742. The molecule has 0 fully saturated rings. The van der Waals surface area contributed by atoms with Crippen molar-refractivity contribution in [1.29, 1.82) is 0 Å². The summed E-state index contributed by atoms with van der Waals surface area (Å²) in [5.74, 6) is 0.0375. The highest BCUT2D eigenvalue weighted by Gasteiger charge is 2.16. The summed E-state index contributed by atoms with van der Waals surface area (Å²) in [5.41, 5.74) is 4.30. The first-order valence-corrected chi connectivity index (χ1v) is 8.20. The number of hydrogen-bond donors (Lipinski definition) is 1. The summed E-state index contributed by atoms with van der Waals surface area (Å²) in [6, 6.07) is 11.3. The molecule has 0 amide bonds. The van der Waals surface area contributed by atoms with E-state index in [9.17, 15) is 4.39 Å². The van der Waals surface area contributed by atoms with Crippen LogP contribution in [0.1, 0.15) is 16.7 Å². The molecule has 0 aliphatic carbocycles. The zero-order valence-corrected chi connectivity index (χ0v) is 14.4. The molecule has 0 bridgehead atoms. The first-order chi connectivity index (χ1) is 11.6. The molecule has 3 aromatic rings. The minimum Gasteiger partial charge on any atom is -0.485 e. The molecule has 3 rings (SSSR count). The molecule has 0 aliphatic rings. The lowest BCUT2D eigenvalue weighted by Crippen LogP contribution is -2.10. The Labute approximate surface area is 142 Å². The SMILES string of the molecule is CNCCc1cn(C)c2ccc(F)c(OCc3ccccc3C)c12. The number of rotatable bonds is 6. The van der Waals surface area contributed by atoms with Gasteiger partial charge in [-0.05, 0) is 55.8 Å². The number of ether oxygens (including phenoxy) is 1. The highest BCUT2D eigenvalue weighted by atomic mass is 19.1. The predicted molar refractivity (Wildman–Crippen MR) is 96.0 cm³/mol. The average Bonchev–Trinajstić information content (AvgIpc) is 2.89. The zero-order chi connectivity index (χ0) is 17.1. The van der Waals surface area contributed by atoms with Gasteiger partial charge in [-0.2, -0.15) is 0 Å². The second kappa shape index (κ2) is 7.05. The van der Waals surface area contributed by atoms with E-state index in [1.807, 2.05) is 55.9 Å². The summed E-state index contributed by atoms with van der Waals surface area (Å²) in [4.78, 5) is 0. The van der Waals surface area contributed by atoms with Gasteiger partial charge in [0.2, 0.25) is 0 Å². The van der Waals surface area contributed by atoms with Crippen molar-refractivity contribution >= 4 is 10.9 Å². The molecule has 24 heavy (non-hydrogen) atoms. The van der Waals surface area contributed by atoms with Gasteiger partial charge in [-0.15, -0.1) is 0 Å². The molecular weight excluding hydrogens is 303 g/mol. The maximum absolute atomic E-state index is 14.5. The van der Waals surface area contributed by atoms with Crippen molar-refractivity contribution in [3.63, 3.8) is 0 Å². The summed E-state index contributed by atoms with van der Waals surface area (Å²) in [7, 11) is 3.90. The number of fused-ring (bicyclic) bond motifs is 1. The van der Waals surface area contributed by atoms with Crippen LogP contribution >= 0.6 is 0 Å². The van der Waals surface area contributed by atoms with Crippen molar-refractivity contribution in [3.8, 4) is 5.75 Å². The molecule has 0 unspecified atom stereocenters. The Morgan fingerprint density at radius 3 is 2.67 bits per heavy atom. The highest BCUT2D eigenvalue weighted by Crippen LogP contribution is 2.34. The molecule has 1 aromatic heterocycles. The van der Waals surface area contributed by atoms with E-state index in [4.69, 9.17) is 4.74 Å². The van der Waals surface area contributed by atoms with E-state index in [0.29, 0.717) is 12.4 Å². The number of hydrogen-bond acceptors (Lipinski definition) is 2. The largest absolute Gasteiger partial charge is 0.485 e. The predicted octanol–water partition coefficient (Wildman–Crippen LogP) is 3.97. The van der Waals surface area contributed by atoms with Gasteiger partial charge in [0.1, 0.15) is 6.61 Å². The molecule has 0 aliphatic heterocycles. The van der Waals surface area contributed by atoms with Crippen molar-refractivity contribution in [2.75, 3.05) is 13.6 Å². The number of likely N-dealkylation sites (N-methyl/N-ethyl adjacent to an activating group) is 1. The van der Waals surface area contributed by atoms with Gasteiger partial charge in [0, 0.05) is 18.6 Å². The van der Waals surface area contributed by atoms with E-state index in [-0.39, 0.29) is 5.82 Å². The third kappa shape index (κ3) is 3.15. The lowest BCUT2D eigenvalue weighted by molar-refractivity contribution is 0.293. The molecule has 4 heteroatoms. The molecule has 0 saturated heterocycles. The molecule has 3 nitrogen and oxygen atoms in total. The third-order valence-electron chi connectivity index (χ3n) is 4.42. The summed E-state index contributed by atoms with van der Waals surface area (Å²) >= 11 is 0. The fourth-order valence-electron chi connectivity index (χ4n) is 3.03. The third-order valence-corrected chi connectivity index (χ3v) is 4.42. The number of nitrogens with zero attached hydrogens (tertiary/aromatic N) is 1. The Kier molecular flexibility index (Phi) is 4.86. The minimum absolute atomic E-state index is 0.312. The Balaban J connectivity index is 1.99. The summed E-state index contributed by atoms with van der Waals surface area (Å²) in [5, 5.41) is 4.02. The van der Waals surface area contributed by atoms with E-state index in [0.717, 1.165) is 40.6 Å². The van der Waals surface area contributed by atoms with Crippen LogP contribution in [0.25, 0.3) is 10.9 Å². The van der Waals surface area contributed by atoms with Crippen molar-refractivity contribution in [3.05, 3.63) is 65.1 Å². The monoisotopic (exact) mass is 326 g/mol. The highest BCUT2D eigenvalue weighted by molar-refractivity contribution is 5.90. The van der Waals surface area contributed by atoms with Crippen LogP contribution in [-0.4, -0.2) is 18.2 Å². The van der Waals surface area contributed by atoms with Gasteiger partial charge < -0.3 is 14.6 Å². The lowest BCUT2D eigenvalue weighted by atomic mass is 10.1. The standard InChI is InChI=1S/C20H23FN2O/c1-14-6-4-5-7-16(14)13-24-20-17(21)8-9-18-19(20)15(10-11-22-2)12-23(18)3/h4-9,12,22H,10-11,13H2,1-3H3. The van der Waals surface area contributed by atoms with E-state index in [2.05, 4.69) is 11.5 Å². The van der Waals surface area contributed by atoms with Crippen molar-refractivity contribution in [2.24, 2.45) is 7.05 Å². The molecule has 1 heterocycles. The van der Waals surface area contributed by atoms with Gasteiger partial charge >= 0.3 is 0 Å². The molecule has 0 spiro atoms. The molecule has 1 N–H and O–H groups in total. The minimum atomic E-state index is -0.312. The Hall–Kier alpha value is -2.33. The van der Waals surface area contributed by atoms with Crippen LogP contribution in [0, 0.1) is 12.7 Å². The van der Waals surface area contributed by atoms with Crippen LogP contribution in [-0.2, 0) is 20.1 Å². The zero-order valence-electron chi connectivity index (χ0n) is 14.4. The topological polar surface area (TPSA) is 26.2 Å². The Morgan fingerprint density at radius 1 is 1.12 bits per heavy atom. The van der Waals surface area contributed by atoms with Gasteiger partial charge in [0.25, 0.3) is 0 Å². The number of aryl methyl sites for hydroxylation is 2. The molecule has 0 radical (unpaired) electrons. The van der Waals surface area contributed by atoms with Gasteiger partial charge in [-0.1, -0.05) is 24.3 Å². The molecule has 0 saturated carbocycles. The Morgan fingerprint density at radius 2 is 1.92 bits per heavy atom. The number of halogens is 1. The van der Waals surface area contributed by atoms with Gasteiger partial charge in [0.05, 0.1) is 5.52 Å². The maximum Gasteiger partial charge on any atom is 0.165 e. The molecular formula is C20H23FN2O. The van der Waals surface area contributed by atoms with Gasteiger partial charge in [-0.25, -0.2) is 4.39 Å². The first-order valence-electron chi connectivity index (χ1n) is 8.20. The van der Waals surface area contributed by atoms with Crippen LogP contribution in [0.4, 0.5) is 4.39 Å². The Bertz CT molecular complexity index is 854. The maximum atomic E-state index is 14.5. The van der Waals surface area contributed by atoms with Crippen LogP contribution in [0.5, 0.6) is 5.75 Å². The smallest absolute Gasteiger partial charge is 0.165 e. The number of aromatic nitrogens is 1. The van der Waals surface area contributed by atoms with Crippen LogP contribution in [0.3, 0.4) is 0 Å². The van der Waals surface area contributed by atoms with E-state index < -0.39 is 0 Å². The fraction of sp³-hybridized carbons (Fsp3) is 0.300. The number of benzene rings is 2. The van der Waals surface area contributed by atoms with Crippen LogP contribution in [0.2, 0.25) is 0 Å². The van der Waals surface area contributed by atoms with Crippen molar-refractivity contribution in [2.45, 2.75) is 20.0 Å². The first kappa shape index (κ1) is 16.5. The van der Waals surface area contributed by atoms with E-state index in [1.165, 1.54) is 6.07 Å². The fourth-order valence-corrected chi connectivity index (χ4v) is 3.03. The second-order valence-corrected chi connectivity index (χ2v) is 6.10. The van der Waals surface area contributed by atoms with Crippen molar-refractivity contribution < 1.29 is 9.13 Å². The normalized spacial score (nSPS) is 11.2.